The highest BCUT2D eigenvalue weighted by molar-refractivity contribution is 4.81. The van der Waals surface area contributed by atoms with Crippen LogP contribution < -0.4 is 11.0 Å². The molecule has 4 heteroatoms. The Hall–Kier alpha value is -1.03. The lowest BCUT2D eigenvalue weighted by molar-refractivity contribution is 0.522. The fourth-order valence-corrected chi connectivity index (χ4v) is 1.67. The number of aromatic nitrogens is 2. The average molecular weight is 225 g/mol. The van der Waals surface area contributed by atoms with Crippen molar-refractivity contribution in [1.82, 2.24) is 14.5 Å². The first kappa shape index (κ1) is 13.0. The van der Waals surface area contributed by atoms with Crippen LogP contribution in [0.2, 0.25) is 0 Å². The van der Waals surface area contributed by atoms with Crippen LogP contribution in [-0.2, 0) is 13.1 Å². The van der Waals surface area contributed by atoms with E-state index in [9.17, 15) is 4.79 Å². The number of nitrogens with zero attached hydrogens (tertiary/aromatic N) is 2. The van der Waals surface area contributed by atoms with Crippen molar-refractivity contribution in [2.24, 2.45) is 0 Å². The highest BCUT2D eigenvalue weighted by atomic mass is 16.1. The van der Waals surface area contributed by atoms with Gasteiger partial charge in [-0.15, -0.1) is 0 Å². The predicted molar refractivity (Wildman–Crippen MR) is 66.7 cm³/mol. The van der Waals surface area contributed by atoms with Crippen molar-refractivity contribution in [3.05, 3.63) is 22.9 Å². The molecule has 0 saturated carbocycles. The standard InChI is InChI=1S/C12H23N3O/c1-4-7-14-9-10-15(12(14)16)8-5-6-13-11(2)3/h9-11,13H,4-8H2,1-3H3. The molecular formula is C12H23N3O. The molecule has 0 spiro atoms. The third kappa shape index (κ3) is 3.85. The van der Waals surface area contributed by atoms with Gasteiger partial charge in [-0.25, -0.2) is 4.79 Å². The van der Waals surface area contributed by atoms with Gasteiger partial charge >= 0.3 is 5.69 Å². The lowest BCUT2D eigenvalue weighted by Crippen LogP contribution is -2.27. The first-order valence-corrected chi connectivity index (χ1v) is 6.14. The van der Waals surface area contributed by atoms with Gasteiger partial charge in [-0.3, -0.25) is 9.13 Å². The normalized spacial score (nSPS) is 11.2. The van der Waals surface area contributed by atoms with Crippen molar-refractivity contribution in [2.45, 2.75) is 52.7 Å². The maximum absolute atomic E-state index is 11.8. The Morgan fingerprint density at radius 1 is 1.25 bits per heavy atom. The van der Waals surface area contributed by atoms with Gasteiger partial charge in [0.1, 0.15) is 0 Å². The van der Waals surface area contributed by atoms with E-state index in [2.05, 4.69) is 26.1 Å². The number of hydrogen-bond donors (Lipinski definition) is 1. The van der Waals surface area contributed by atoms with Crippen LogP contribution in [0, 0.1) is 0 Å². The van der Waals surface area contributed by atoms with Gasteiger partial charge in [-0.1, -0.05) is 20.8 Å². The minimum Gasteiger partial charge on any atom is -0.314 e. The number of nitrogens with one attached hydrogen (secondary N) is 1. The van der Waals surface area contributed by atoms with Gasteiger partial charge < -0.3 is 5.32 Å². The van der Waals surface area contributed by atoms with Crippen LogP contribution in [0.3, 0.4) is 0 Å². The summed E-state index contributed by atoms with van der Waals surface area (Å²) >= 11 is 0. The molecule has 0 fully saturated rings. The first-order valence-electron chi connectivity index (χ1n) is 6.14. The first-order chi connectivity index (χ1) is 7.65. The molecule has 0 aliphatic rings. The molecule has 4 nitrogen and oxygen atoms in total. The van der Waals surface area contributed by atoms with Gasteiger partial charge in [-0.2, -0.15) is 0 Å². The SMILES string of the molecule is CCCn1ccn(CCCNC(C)C)c1=O. The molecule has 0 saturated heterocycles. The van der Waals surface area contributed by atoms with E-state index in [-0.39, 0.29) is 5.69 Å². The van der Waals surface area contributed by atoms with Crippen LogP contribution in [0.15, 0.2) is 17.2 Å². The summed E-state index contributed by atoms with van der Waals surface area (Å²) in [6.07, 6.45) is 5.75. The average Bonchev–Trinajstić information content (AvgIpc) is 2.57. The smallest absolute Gasteiger partial charge is 0.314 e. The molecule has 16 heavy (non-hydrogen) atoms. The van der Waals surface area contributed by atoms with Gasteiger partial charge in [0, 0.05) is 31.5 Å². The highest BCUT2D eigenvalue weighted by Crippen LogP contribution is 1.91. The van der Waals surface area contributed by atoms with Gasteiger partial charge in [0.25, 0.3) is 0 Å². The van der Waals surface area contributed by atoms with E-state index >= 15 is 0 Å². The van der Waals surface area contributed by atoms with Gasteiger partial charge in [0.15, 0.2) is 0 Å². The molecule has 0 aromatic carbocycles. The second-order valence-corrected chi connectivity index (χ2v) is 4.43. The van der Waals surface area contributed by atoms with Crippen LogP contribution in [0.1, 0.15) is 33.6 Å². The molecule has 0 amide bonds. The largest absolute Gasteiger partial charge is 0.328 e. The van der Waals surface area contributed by atoms with Crippen LogP contribution in [0.5, 0.6) is 0 Å². The van der Waals surface area contributed by atoms with Crippen LogP contribution in [0.4, 0.5) is 0 Å². The highest BCUT2D eigenvalue weighted by Gasteiger charge is 2.01. The van der Waals surface area contributed by atoms with Crippen molar-refractivity contribution in [3.63, 3.8) is 0 Å². The maximum Gasteiger partial charge on any atom is 0.328 e. The van der Waals surface area contributed by atoms with Crippen molar-refractivity contribution >= 4 is 0 Å². The van der Waals surface area contributed by atoms with Gasteiger partial charge in [0.05, 0.1) is 0 Å². The Labute approximate surface area is 97.3 Å². The number of rotatable bonds is 7. The molecule has 0 aliphatic heterocycles. The minimum atomic E-state index is 0.117. The molecule has 1 heterocycles. The Bertz CT molecular complexity index is 351. The Kier molecular flexibility index (Phi) is 5.32. The third-order valence-electron chi connectivity index (χ3n) is 2.51. The third-order valence-corrected chi connectivity index (χ3v) is 2.51. The van der Waals surface area contributed by atoms with Crippen molar-refractivity contribution in [3.8, 4) is 0 Å². The number of hydrogen-bond acceptors (Lipinski definition) is 2. The number of aryl methyl sites for hydroxylation is 2. The van der Waals surface area contributed by atoms with E-state index in [1.54, 1.807) is 9.13 Å². The molecule has 0 unspecified atom stereocenters. The second-order valence-electron chi connectivity index (χ2n) is 4.43. The quantitative estimate of drug-likeness (QED) is 0.713. The van der Waals surface area contributed by atoms with E-state index in [0.29, 0.717) is 6.04 Å². The lowest BCUT2D eigenvalue weighted by Gasteiger charge is -2.07. The van der Waals surface area contributed by atoms with E-state index in [4.69, 9.17) is 0 Å². The molecule has 0 radical (unpaired) electrons. The molecule has 1 rings (SSSR count). The molecule has 1 aromatic heterocycles. The van der Waals surface area contributed by atoms with E-state index in [1.807, 2.05) is 12.4 Å². The molecule has 1 N–H and O–H groups in total. The Morgan fingerprint density at radius 2 is 1.88 bits per heavy atom. The van der Waals surface area contributed by atoms with Crippen molar-refractivity contribution < 1.29 is 0 Å². The Morgan fingerprint density at radius 3 is 2.44 bits per heavy atom. The van der Waals surface area contributed by atoms with E-state index in [0.717, 1.165) is 32.5 Å². The second kappa shape index (κ2) is 6.53. The van der Waals surface area contributed by atoms with Crippen LogP contribution in [0.25, 0.3) is 0 Å². The zero-order valence-electron chi connectivity index (χ0n) is 10.6. The fraction of sp³-hybridized carbons (Fsp3) is 0.750. The van der Waals surface area contributed by atoms with Crippen molar-refractivity contribution in [2.75, 3.05) is 6.54 Å². The topological polar surface area (TPSA) is 39.0 Å². The summed E-state index contributed by atoms with van der Waals surface area (Å²) in [5, 5.41) is 3.34. The zero-order chi connectivity index (χ0) is 12.0. The molecular weight excluding hydrogens is 202 g/mol. The summed E-state index contributed by atoms with van der Waals surface area (Å²) in [5.74, 6) is 0. The monoisotopic (exact) mass is 225 g/mol. The van der Waals surface area contributed by atoms with Crippen LogP contribution >= 0.6 is 0 Å². The lowest BCUT2D eigenvalue weighted by atomic mass is 10.3. The Balaban J connectivity index is 2.40. The van der Waals surface area contributed by atoms with Crippen LogP contribution in [-0.4, -0.2) is 21.7 Å². The van der Waals surface area contributed by atoms with E-state index in [1.165, 1.54) is 0 Å². The molecule has 1 aromatic rings. The molecule has 92 valence electrons. The zero-order valence-corrected chi connectivity index (χ0v) is 10.6. The van der Waals surface area contributed by atoms with Gasteiger partial charge in [0.2, 0.25) is 0 Å². The van der Waals surface area contributed by atoms with Gasteiger partial charge in [-0.05, 0) is 19.4 Å². The predicted octanol–water partition coefficient (Wildman–Crippen LogP) is 1.45. The summed E-state index contributed by atoms with van der Waals surface area (Å²) in [6, 6.07) is 0.515. The minimum absolute atomic E-state index is 0.117. The fourth-order valence-electron chi connectivity index (χ4n) is 1.67. The van der Waals surface area contributed by atoms with Crippen molar-refractivity contribution in [1.29, 1.82) is 0 Å². The van der Waals surface area contributed by atoms with E-state index < -0.39 is 0 Å². The molecule has 0 atom stereocenters. The summed E-state index contributed by atoms with van der Waals surface area (Å²) in [6.45, 7) is 8.92. The number of imidazole rings is 1. The molecule has 0 aliphatic carbocycles. The summed E-state index contributed by atoms with van der Waals surface area (Å²) in [7, 11) is 0. The summed E-state index contributed by atoms with van der Waals surface area (Å²) in [4.78, 5) is 11.8. The summed E-state index contributed by atoms with van der Waals surface area (Å²) < 4.78 is 3.56. The molecule has 0 bridgehead atoms. The summed E-state index contributed by atoms with van der Waals surface area (Å²) in [5.41, 5.74) is 0.117. The maximum atomic E-state index is 11.8.